The number of benzene rings is 3. The summed E-state index contributed by atoms with van der Waals surface area (Å²) >= 11 is 1.21. The lowest BCUT2D eigenvalue weighted by Gasteiger charge is -2.12. The molecule has 0 amide bonds. The fraction of sp³-hybridized carbons (Fsp3) is 0.111. The highest BCUT2D eigenvalue weighted by molar-refractivity contribution is 8.14. The third-order valence-electron chi connectivity index (χ3n) is 5.59. The second-order valence-corrected chi connectivity index (χ2v) is 8.92. The number of hydrogen-bond donors (Lipinski definition) is 1. The van der Waals surface area contributed by atoms with Crippen LogP contribution in [0.3, 0.4) is 0 Å². The Morgan fingerprint density at radius 2 is 1.65 bits per heavy atom. The molecule has 4 aromatic rings. The molecule has 34 heavy (non-hydrogen) atoms. The number of fused-ring (bicyclic) bond motifs is 1. The average Bonchev–Trinajstić information content (AvgIpc) is 3.36. The van der Waals surface area contributed by atoms with Crippen molar-refractivity contribution in [2.24, 2.45) is 10.2 Å². The maximum absolute atomic E-state index is 10.9. The molecule has 3 aromatic carbocycles. The molecule has 0 saturated carbocycles. The highest BCUT2D eigenvalue weighted by atomic mass is 32.2. The molecular formula is C27H21N3O3S. The summed E-state index contributed by atoms with van der Waals surface area (Å²) in [6.07, 6.45) is 4.00. The van der Waals surface area contributed by atoms with E-state index in [0.29, 0.717) is 17.2 Å². The molecule has 1 aliphatic heterocycles. The quantitative estimate of drug-likeness (QED) is 0.382. The molecule has 0 atom stereocenters. The molecule has 0 bridgehead atoms. The van der Waals surface area contributed by atoms with E-state index in [9.17, 15) is 4.79 Å². The van der Waals surface area contributed by atoms with E-state index < -0.39 is 5.97 Å². The van der Waals surface area contributed by atoms with Gasteiger partial charge in [0.1, 0.15) is 10.8 Å². The first-order valence-electron chi connectivity index (χ1n) is 10.7. The van der Waals surface area contributed by atoms with E-state index in [1.807, 2.05) is 24.4 Å². The van der Waals surface area contributed by atoms with Crippen molar-refractivity contribution in [3.05, 3.63) is 84.7 Å². The Morgan fingerprint density at radius 1 is 0.882 bits per heavy atom. The molecule has 5 rings (SSSR count). The third-order valence-corrected chi connectivity index (χ3v) is 6.54. The van der Waals surface area contributed by atoms with Crippen molar-refractivity contribution in [1.29, 1.82) is 0 Å². The van der Waals surface area contributed by atoms with Crippen LogP contribution in [0.2, 0.25) is 0 Å². The monoisotopic (exact) mass is 467 g/mol. The Morgan fingerprint density at radius 3 is 2.44 bits per heavy atom. The van der Waals surface area contributed by atoms with Crippen molar-refractivity contribution in [2.45, 2.75) is 6.42 Å². The number of carboxylic acids is 1. The van der Waals surface area contributed by atoms with Crippen LogP contribution in [0.15, 0.2) is 89.3 Å². The number of methoxy groups -OCH3 is 1. The van der Waals surface area contributed by atoms with Crippen molar-refractivity contribution < 1.29 is 14.6 Å². The molecule has 1 N–H and O–H groups in total. The highest BCUT2D eigenvalue weighted by Gasteiger charge is 2.18. The molecule has 6 nitrogen and oxygen atoms in total. The fourth-order valence-electron chi connectivity index (χ4n) is 3.90. The predicted molar refractivity (Wildman–Crippen MR) is 138 cm³/mol. The summed E-state index contributed by atoms with van der Waals surface area (Å²) in [5, 5.41) is 20.6. The van der Waals surface area contributed by atoms with E-state index in [-0.39, 0.29) is 5.75 Å². The number of aromatic nitrogens is 1. The minimum absolute atomic E-state index is 0.0283. The molecule has 0 fully saturated rings. The van der Waals surface area contributed by atoms with Gasteiger partial charge >= 0.3 is 5.97 Å². The van der Waals surface area contributed by atoms with Crippen molar-refractivity contribution in [2.75, 3.05) is 12.9 Å². The number of ether oxygens (including phenoxy) is 1. The second-order valence-electron chi connectivity index (χ2n) is 7.87. The summed E-state index contributed by atoms with van der Waals surface area (Å²) in [5.41, 5.74) is 5.82. The van der Waals surface area contributed by atoms with Crippen LogP contribution in [0.1, 0.15) is 12.0 Å². The SMILES string of the molecule is COc1cncc(-c2cc(C3=NN=C(SCC(=O)O)C3)cc(-c3ccc4ccccc4c3)c2)c1. The molecule has 1 aromatic heterocycles. The van der Waals surface area contributed by atoms with E-state index in [4.69, 9.17) is 9.84 Å². The topological polar surface area (TPSA) is 84.1 Å². The number of carboxylic acid groups (broad SMARTS) is 1. The second kappa shape index (κ2) is 9.49. The minimum Gasteiger partial charge on any atom is -0.495 e. The van der Waals surface area contributed by atoms with Crippen LogP contribution in [0.25, 0.3) is 33.0 Å². The van der Waals surface area contributed by atoms with Gasteiger partial charge in [0.15, 0.2) is 0 Å². The Hall–Kier alpha value is -3.97. The van der Waals surface area contributed by atoms with Gasteiger partial charge in [-0.3, -0.25) is 9.78 Å². The van der Waals surface area contributed by atoms with Crippen LogP contribution in [-0.4, -0.2) is 39.7 Å². The van der Waals surface area contributed by atoms with E-state index in [2.05, 4.69) is 63.7 Å². The third kappa shape index (κ3) is 4.70. The molecule has 0 radical (unpaired) electrons. The van der Waals surface area contributed by atoms with Gasteiger partial charge in [0, 0.05) is 18.2 Å². The number of carbonyl (C=O) groups is 1. The highest BCUT2D eigenvalue weighted by Crippen LogP contribution is 2.32. The van der Waals surface area contributed by atoms with Gasteiger partial charge in [0.25, 0.3) is 0 Å². The van der Waals surface area contributed by atoms with E-state index in [0.717, 1.165) is 33.5 Å². The van der Waals surface area contributed by atoms with Crippen LogP contribution in [0, 0.1) is 0 Å². The maximum atomic E-state index is 10.9. The van der Waals surface area contributed by atoms with Gasteiger partial charge in [-0.15, -0.1) is 5.10 Å². The van der Waals surface area contributed by atoms with Gasteiger partial charge < -0.3 is 9.84 Å². The standard InChI is InChI=1S/C27H21N3O3S/c1-33-24-12-23(14-28-15-24)21-9-20(19-7-6-17-4-2-3-5-18(17)8-19)10-22(11-21)25-13-26(30-29-25)34-16-27(31)32/h2-12,14-15H,13,16H2,1H3,(H,31,32). The molecule has 2 heterocycles. The molecule has 0 spiro atoms. The molecular weight excluding hydrogens is 446 g/mol. The Bertz CT molecular complexity index is 1460. The smallest absolute Gasteiger partial charge is 0.313 e. The number of thioether (sulfide) groups is 1. The molecule has 168 valence electrons. The van der Waals surface area contributed by atoms with Crippen LogP contribution < -0.4 is 4.74 Å². The van der Waals surface area contributed by atoms with Crippen molar-refractivity contribution in [3.63, 3.8) is 0 Å². The van der Waals surface area contributed by atoms with Crippen LogP contribution >= 0.6 is 11.8 Å². The number of aliphatic carboxylic acids is 1. The van der Waals surface area contributed by atoms with Crippen molar-refractivity contribution in [1.82, 2.24) is 4.98 Å². The number of rotatable bonds is 6. The van der Waals surface area contributed by atoms with Crippen LogP contribution in [0.4, 0.5) is 0 Å². The van der Waals surface area contributed by atoms with Gasteiger partial charge in [-0.2, -0.15) is 5.10 Å². The summed E-state index contributed by atoms with van der Waals surface area (Å²) < 4.78 is 5.37. The number of nitrogens with zero attached hydrogens (tertiary/aromatic N) is 3. The van der Waals surface area contributed by atoms with E-state index in [1.165, 1.54) is 22.5 Å². The van der Waals surface area contributed by atoms with Crippen molar-refractivity contribution in [3.8, 4) is 28.0 Å². The zero-order chi connectivity index (χ0) is 23.5. The zero-order valence-corrected chi connectivity index (χ0v) is 19.2. The Labute approximate surface area is 201 Å². The van der Waals surface area contributed by atoms with Gasteiger partial charge in [-0.1, -0.05) is 48.2 Å². The molecule has 0 aliphatic carbocycles. The average molecular weight is 468 g/mol. The van der Waals surface area contributed by atoms with Gasteiger partial charge in [0.05, 0.1) is 24.8 Å². The van der Waals surface area contributed by atoms with Gasteiger partial charge in [-0.25, -0.2) is 0 Å². The largest absolute Gasteiger partial charge is 0.495 e. The first-order chi connectivity index (χ1) is 16.6. The maximum Gasteiger partial charge on any atom is 0.313 e. The van der Waals surface area contributed by atoms with Crippen molar-refractivity contribution >= 4 is 39.3 Å². The minimum atomic E-state index is -0.868. The molecule has 1 aliphatic rings. The summed E-state index contributed by atoms with van der Waals surface area (Å²) in [6.45, 7) is 0. The van der Waals surface area contributed by atoms with Gasteiger partial charge in [0.2, 0.25) is 0 Å². The summed E-state index contributed by atoms with van der Waals surface area (Å²) in [4.78, 5) is 15.2. The van der Waals surface area contributed by atoms with Crippen LogP contribution in [0.5, 0.6) is 5.75 Å². The lowest BCUT2D eigenvalue weighted by Crippen LogP contribution is -2.05. The zero-order valence-electron chi connectivity index (χ0n) is 18.4. The summed E-state index contributed by atoms with van der Waals surface area (Å²) in [6, 6.07) is 23.0. The Kier molecular flexibility index (Phi) is 6.10. The lowest BCUT2D eigenvalue weighted by molar-refractivity contribution is -0.133. The van der Waals surface area contributed by atoms with E-state index >= 15 is 0 Å². The van der Waals surface area contributed by atoms with E-state index in [1.54, 1.807) is 13.3 Å². The first kappa shape index (κ1) is 21.9. The molecule has 7 heteroatoms. The number of hydrogen-bond acceptors (Lipinski definition) is 6. The molecule has 0 unspecified atom stereocenters. The number of pyridine rings is 1. The predicted octanol–water partition coefficient (Wildman–Crippen LogP) is 5.90. The van der Waals surface area contributed by atoms with Gasteiger partial charge in [-0.05, 0) is 63.4 Å². The fourth-order valence-corrected chi connectivity index (χ4v) is 4.53. The first-order valence-corrected chi connectivity index (χ1v) is 11.7. The van der Waals surface area contributed by atoms with Crippen LogP contribution in [-0.2, 0) is 4.79 Å². The summed E-state index contributed by atoms with van der Waals surface area (Å²) in [7, 11) is 1.62. The summed E-state index contributed by atoms with van der Waals surface area (Å²) in [5.74, 6) is -0.212. The normalized spacial score (nSPS) is 13.0. The molecule has 0 saturated heterocycles. The lowest BCUT2D eigenvalue weighted by atomic mass is 9.93. The Balaban J connectivity index is 1.56.